The first kappa shape index (κ1) is 16.6. The average Bonchev–Trinajstić information content (AvgIpc) is 2.67. The van der Waals surface area contributed by atoms with Gasteiger partial charge in [0.15, 0.2) is 6.61 Å². The fourth-order valence-corrected chi connectivity index (χ4v) is 2.35. The van der Waals surface area contributed by atoms with E-state index in [1.807, 2.05) is 18.2 Å². The highest BCUT2D eigenvalue weighted by molar-refractivity contribution is 5.93. The van der Waals surface area contributed by atoms with E-state index in [1.165, 1.54) is 11.0 Å². The van der Waals surface area contributed by atoms with Crippen molar-refractivity contribution in [3.63, 3.8) is 0 Å². The first-order valence-corrected chi connectivity index (χ1v) is 7.86. The van der Waals surface area contributed by atoms with E-state index in [1.54, 1.807) is 54.7 Å². The van der Waals surface area contributed by atoms with Crippen molar-refractivity contribution in [2.75, 3.05) is 11.5 Å². The number of para-hydroxylation sites is 1. The van der Waals surface area contributed by atoms with Crippen LogP contribution in [-0.4, -0.2) is 17.5 Å². The molecule has 5 heteroatoms. The molecule has 0 aliphatic rings. The zero-order valence-corrected chi connectivity index (χ0v) is 13.5. The van der Waals surface area contributed by atoms with Crippen molar-refractivity contribution < 1.29 is 13.9 Å². The largest absolute Gasteiger partial charge is 0.484 e. The minimum absolute atomic E-state index is 0.0840. The molecule has 2 aromatic carbocycles. The molecule has 1 amide bonds. The third-order valence-electron chi connectivity index (χ3n) is 3.62. The monoisotopic (exact) mass is 336 g/mol. The number of hydrogen-bond acceptors (Lipinski definition) is 3. The Morgan fingerprint density at radius 3 is 2.40 bits per heavy atom. The fraction of sp³-hybridized carbons (Fsp3) is 0.100. The number of rotatable bonds is 6. The second-order valence-corrected chi connectivity index (χ2v) is 5.36. The van der Waals surface area contributed by atoms with E-state index < -0.39 is 0 Å². The Morgan fingerprint density at radius 1 is 0.960 bits per heavy atom. The van der Waals surface area contributed by atoms with E-state index in [9.17, 15) is 9.18 Å². The van der Waals surface area contributed by atoms with Crippen molar-refractivity contribution in [1.29, 1.82) is 0 Å². The van der Waals surface area contributed by atoms with E-state index in [0.717, 1.165) is 0 Å². The Bertz CT molecular complexity index is 825. The lowest BCUT2D eigenvalue weighted by Gasteiger charge is -2.22. The van der Waals surface area contributed by atoms with Crippen LogP contribution in [0.4, 0.5) is 10.2 Å². The second kappa shape index (κ2) is 8.06. The molecule has 0 atom stereocenters. The predicted molar refractivity (Wildman–Crippen MR) is 93.8 cm³/mol. The Hall–Kier alpha value is -3.21. The van der Waals surface area contributed by atoms with Gasteiger partial charge in [-0.2, -0.15) is 0 Å². The summed E-state index contributed by atoms with van der Waals surface area (Å²) in [7, 11) is 0. The Balaban J connectivity index is 1.78. The minimum Gasteiger partial charge on any atom is -0.484 e. The number of carbonyl (C=O) groups excluding carboxylic acids is 1. The van der Waals surface area contributed by atoms with Crippen LogP contribution in [0.1, 0.15) is 5.56 Å². The quantitative estimate of drug-likeness (QED) is 0.687. The molecule has 0 unspecified atom stereocenters. The number of ether oxygens (including phenoxy) is 1. The third kappa shape index (κ3) is 4.41. The second-order valence-electron chi connectivity index (χ2n) is 5.36. The Morgan fingerprint density at radius 2 is 1.68 bits per heavy atom. The van der Waals surface area contributed by atoms with Crippen molar-refractivity contribution >= 4 is 11.7 Å². The van der Waals surface area contributed by atoms with E-state index in [2.05, 4.69) is 4.98 Å². The highest BCUT2D eigenvalue weighted by Crippen LogP contribution is 2.17. The van der Waals surface area contributed by atoms with E-state index >= 15 is 0 Å². The standard InChI is InChI=1S/C20H17FN2O2/c21-18-11-5-4-8-16(18)14-23(19-12-6-7-13-22-19)20(24)15-25-17-9-2-1-3-10-17/h1-13H,14-15H2. The average molecular weight is 336 g/mol. The fourth-order valence-electron chi connectivity index (χ4n) is 2.35. The summed E-state index contributed by atoms with van der Waals surface area (Å²) in [5.41, 5.74) is 0.418. The van der Waals surface area contributed by atoms with Crippen LogP contribution in [0, 0.1) is 5.82 Å². The molecule has 4 nitrogen and oxygen atoms in total. The molecule has 0 radical (unpaired) electrons. The summed E-state index contributed by atoms with van der Waals surface area (Å²) in [5.74, 6) is 0.390. The molecule has 3 rings (SSSR count). The van der Waals surface area contributed by atoms with Crippen molar-refractivity contribution in [3.05, 3.63) is 90.4 Å². The normalized spacial score (nSPS) is 10.3. The molecule has 0 aliphatic carbocycles. The maximum Gasteiger partial charge on any atom is 0.266 e. The van der Waals surface area contributed by atoms with Crippen LogP contribution in [0.15, 0.2) is 79.0 Å². The SMILES string of the molecule is O=C(COc1ccccc1)N(Cc1ccccc1F)c1ccccn1. The lowest BCUT2D eigenvalue weighted by molar-refractivity contribution is -0.120. The molecule has 126 valence electrons. The van der Waals surface area contributed by atoms with Crippen LogP contribution >= 0.6 is 0 Å². The van der Waals surface area contributed by atoms with E-state index in [0.29, 0.717) is 17.1 Å². The molecule has 0 saturated carbocycles. The number of hydrogen-bond donors (Lipinski definition) is 0. The van der Waals surface area contributed by atoms with Gasteiger partial charge in [-0.15, -0.1) is 0 Å². The zero-order valence-electron chi connectivity index (χ0n) is 13.5. The molecule has 3 aromatic rings. The van der Waals surface area contributed by atoms with Gasteiger partial charge in [0.25, 0.3) is 5.91 Å². The number of amides is 1. The van der Waals surface area contributed by atoms with Crippen molar-refractivity contribution in [2.24, 2.45) is 0 Å². The summed E-state index contributed by atoms with van der Waals surface area (Å²) in [6.07, 6.45) is 1.59. The van der Waals surface area contributed by atoms with E-state index in [4.69, 9.17) is 4.74 Å². The van der Waals surface area contributed by atoms with Crippen molar-refractivity contribution in [2.45, 2.75) is 6.54 Å². The number of aromatic nitrogens is 1. The number of benzene rings is 2. The molecule has 0 spiro atoms. The number of nitrogens with zero attached hydrogens (tertiary/aromatic N) is 2. The summed E-state index contributed by atoms with van der Waals surface area (Å²) < 4.78 is 19.5. The topological polar surface area (TPSA) is 42.4 Å². The molecule has 1 heterocycles. The van der Waals surface area contributed by atoms with Gasteiger partial charge in [-0.25, -0.2) is 9.37 Å². The molecule has 25 heavy (non-hydrogen) atoms. The summed E-state index contributed by atoms with van der Waals surface area (Å²) in [6, 6.07) is 20.7. The Kier molecular flexibility index (Phi) is 5.36. The van der Waals surface area contributed by atoms with Gasteiger partial charge in [0.1, 0.15) is 17.4 Å². The lowest BCUT2D eigenvalue weighted by Crippen LogP contribution is -2.35. The van der Waals surface area contributed by atoms with Gasteiger partial charge < -0.3 is 4.74 Å². The first-order chi connectivity index (χ1) is 12.2. The van der Waals surface area contributed by atoms with Crippen LogP contribution < -0.4 is 9.64 Å². The highest BCUT2D eigenvalue weighted by atomic mass is 19.1. The smallest absolute Gasteiger partial charge is 0.266 e. The molecule has 1 aromatic heterocycles. The van der Waals surface area contributed by atoms with Gasteiger partial charge in [-0.3, -0.25) is 9.69 Å². The summed E-state index contributed by atoms with van der Waals surface area (Å²) in [6.45, 7) is -0.0737. The minimum atomic E-state index is -0.361. The van der Waals surface area contributed by atoms with Crippen LogP contribution in [-0.2, 0) is 11.3 Å². The summed E-state index contributed by atoms with van der Waals surface area (Å²) in [4.78, 5) is 18.3. The summed E-state index contributed by atoms with van der Waals surface area (Å²) in [5, 5.41) is 0. The maximum atomic E-state index is 14.0. The van der Waals surface area contributed by atoms with Crippen LogP contribution in [0.3, 0.4) is 0 Å². The van der Waals surface area contributed by atoms with Gasteiger partial charge in [0.2, 0.25) is 0 Å². The lowest BCUT2D eigenvalue weighted by atomic mass is 10.2. The number of pyridine rings is 1. The molecular formula is C20H17FN2O2. The molecule has 0 fully saturated rings. The van der Waals surface area contributed by atoms with Gasteiger partial charge in [0, 0.05) is 11.8 Å². The predicted octanol–water partition coefficient (Wildman–Crippen LogP) is 3.83. The van der Waals surface area contributed by atoms with Crippen LogP contribution in [0.25, 0.3) is 0 Å². The maximum absolute atomic E-state index is 14.0. The number of halogens is 1. The zero-order chi connectivity index (χ0) is 17.5. The molecule has 0 saturated heterocycles. The highest BCUT2D eigenvalue weighted by Gasteiger charge is 2.19. The van der Waals surface area contributed by atoms with Crippen molar-refractivity contribution in [3.8, 4) is 5.75 Å². The Labute approximate surface area is 145 Å². The van der Waals surface area contributed by atoms with Gasteiger partial charge >= 0.3 is 0 Å². The van der Waals surface area contributed by atoms with Gasteiger partial charge in [0.05, 0.1) is 6.54 Å². The summed E-state index contributed by atoms with van der Waals surface area (Å²) >= 11 is 0. The van der Waals surface area contributed by atoms with E-state index in [-0.39, 0.29) is 24.9 Å². The number of anilines is 1. The molecule has 0 aliphatic heterocycles. The van der Waals surface area contributed by atoms with Crippen LogP contribution in [0.2, 0.25) is 0 Å². The van der Waals surface area contributed by atoms with Crippen molar-refractivity contribution in [1.82, 2.24) is 4.98 Å². The molecular weight excluding hydrogens is 319 g/mol. The first-order valence-electron chi connectivity index (χ1n) is 7.86. The number of carbonyl (C=O) groups is 1. The van der Waals surface area contributed by atoms with Gasteiger partial charge in [-0.05, 0) is 30.3 Å². The third-order valence-corrected chi connectivity index (χ3v) is 3.62. The molecule has 0 bridgehead atoms. The van der Waals surface area contributed by atoms with Gasteiger partial charge in [-0.1, -0.05) is 42.5 Å². The molecule has 0 N–H and O–H groups in total. The van der Waals surface area contributed by atoms with Crippen LogP contribution in [0.5, 0.6) is 5.75 Å².